The summed E-state index contributed by atoms with van der Waals surface area (Å²) in [7, 11) is 0. The maximum Gasteiger partial charge on any atom is 0.306 e. The molecule has 130 valence electrons. The zero-order valence-corrected chi connectivity index (χ0v) is 14.1. The SMILES string of the molecule is CCCCOCC[C@@H](CCCCC(=O)O)OC(=O)CCCC. The first-order chi connectivity index (χ1) is 10.6. The summed E-state index contributed by atoms with van der Waals surface area (Å²) in [5.74, 6) is -0.932. The fourth-order valence-corrected chi connectivity index (χ4v) is 2.04. The van der Waals surface area contributed by atoms with Gasteiger partial charge in [0, 0.05) is 25.9 Å². The molecule has 0 saturated carbocycles. The zero-order chi connectivity index (χ0) is 16.6. The van der Waals surface area contributed by atoms with Crippen LogP contribution < -0.4 is 0 Å². The summed E-state index contributed by atoms with van der Waals surface area (Å²) < 4.78 is 11.0. The van der Waals surface area contributed by atoms with E-state index in [1.165, 1.54) is 0 Å². The highest BCUT2D eigenvalue weighted by Crippen LogP contribution is 2.13. The monoisotopic (exact) mass is 316 g/mol. The summed E-state index contributed by atoms with van der Waals surface area (Å²) in [6.45, 7) is 5.49. The number of ether oxygens (including phenoxy) is 2. The molecular formula is C17H32O5. The Kier molecular flexibility index (Phi) is 14.1. The van der Waals surface area contributed by atoms with E-state index in [1.54, 1.807) is 0 Å². The van der Waals surface area contributed by atoms with Crippen molar-refractivity contribution in [1.29, 1.82) is 0 Å². The molecule has 5 nitrogen and oxygen atoms in total. The van der Waals surface area contributed by atoms with E-state index in [9.17, 15) is 9.59 Å². The van der Waals surface area contributed by atoms with Crippen LogP contribution in [0.3, 0.4) is 0 Å². The minimum Gasteiger partial charge on any atom is -0.481 e. The first-order valence-electron chi connectivity index (χ1n) is 8.59. The van der Waals surface area contributed by atoms with Gasteiger partial charge in [-0.05, 0) is 32.1 Å². The van der Waals surface area contributed by atoms with E-state index >= 15 is 0 Å². The quantitative estimate of drug-likeness (QED) is 0.366. The molecule has 1 atom stereocenters. The third-order valence-electron chi connectivity index (χ3n) is 3.43. The van der Waals surface area contributed by atoms with E-state index in [0.29, 0.717) is 32.3 Å². The first kappa shape index (κ1) is 20.9. The Hall–Kier alpha value is -1.10. The van der Waals surface area contributed by atoms with E-state index in [-0.39, 0.29) is 18.5 Å². The number of unbranched alkanes of at least 4 members (excludes halogenated alkanes) is 3. The van der Waals surface area contributed by atoms with E-state index in [0.717, 1.165) is 38.7 Å². The number of carboxylic acids is 1. The average Bonchev–Trinajstić information content (AvgIpc) is 2.48. The van der Waals surface area contributed by atoms with Crippen molar-refractivity contribution in [3.63, 3.8) is 0 Å². The molecule has 1 N–H and O–H groups in total. The standard InChI is InChI=1S/C17H32O5/c1-3-5-11-17(20)22-15(9-7-8-10-16(18)19)12-14-21-13-6-4-2/h15H,3-14H2,1-2H3,(H,18,19)/t15-/m1/s1. The molecule has 0 fully saturated rings. The number of rotatable bonds is 15. The highest BCUT2D eigenvalue weighted by molar-refractivity contribution is 5.69. The number of esters is 1. The maximum absolute atomic E-state index is 11.7. The van der Waals surface area contributed by atoms with Gasteiger partial charge in [0.15, 0.2) is 0 Å². The van der Waals surface area contributed by atoms with Gasteiger partial charge < -0.3 is 14.6 Å². The third-order valence-corrected chi connectivity index (χ3v) is 3.43. The van der Waals surface area contributed by atoms with Crippen LogP contribution in [0.5, 0.6) is 0 Å². The molecule has 0 aliphatic rings. The highest BCUT2D eigenvalue weighted by Gasteiger charge is 2.14. The molecule has 0 aliphatic heterocycles. The van der Waals surface area contributed by atoms with Crippen LogP contribution in [-0.4, -0.2) is 36.4 Å². The predicted molar refractivity (Wildman–Crippen MR) is 85.9 cm³/mol. The number of carbonyl (C=O) groups is 2. The van der Waals surface area contributed by atoms with Crippen molar-refractivity contribution in [3.05, 3.63) is 0 Å². The highest BCUT2D eigenvalue weighted by atomic mass is 16.5. The third kappa shape index (κ3) is 13.9. The topological polar surface area (TPSA) is 72.8 Å². The summed E-state index contributed by atoms with van der Waals surface area (Å²) in [5.41, 5.74) is 0. The second-order valence-electron chi connectivity index (χ2n) is 5.61. The Balaban J connectivity index is 4.01. The fraction of sp³-hybridized carbons (Fsp3) is 0.882. The lowest BCUT2D eigenvalue weighted by atomic mass is 10.1. The van der Waals surface area contributed by atoms with Crippen molar-refractivity contribution >= 4 is 11.9 Å². The van der Waals surface area contributed by atoms with Crippen molar-refractivity contribution in [3.8, 4) is 0 Å². The van der Waals surface area contributed by atoms with Crippen LogP contribution in [0, 0.1) is 0 Å². The second-order valence-corrected chi connectivity index (χ2v) is 5.61. The Labute approximate surface area is 134 Å². The van der Waals surface area contributed by atoms with Gasteiger partial charge in [0.05, 0.1) is 6.61 Å². The van der Waals surface area contributed by atoms with E-state index in [2.05, 4.69) is 6.92 Å². The lowest BCUT2D eigenvalue weighted by Gasteiger charge is -2.18. The number of carbonyl (C=O) groups excluding carboxylic acids is 1. The van der Waals surface area contributed by atoms with Crippen LogP contribution in [0.2, 0.25) is 0 Å². The summed E-state index contributed by atoms with van der Waals surface area (Å²) in [4.78, 5) is 22.2. The van der Waals surface area contributed by atoms with E-state index in [1.807, 2.05) is 6.92 Å². The number of hydrogen-bond acceptors (Lipinski definition) is 4. The fourth-order valence-electron chi connectivity index (χ4n) is 2.04. The van der Waals surface area contributed by atoms with Crippen LogP contribution in [0.1, 0.15) is 78.1 Å². The van der Waals surface area contributed by atoms with Gasteiger partial charge in [-0.2, -0.15) is 0 Å². The van der Waals surface area contributed by atoms with Crippen LogP contribution >= 0.6 is 0 Å². The van der Waals surface area contributed by atoms with Gasteiger partial charge in [-0.1, -0.05) is 26.7 Å². The molecule has 0 aromatic rings. The van der Waals surface area contributed by atoms with Gasteiger partial charge in [0.2, 0.25) is 0 Å². The molecule has 0 heterocycles. The molecule has 0 unspecified atom stereocenters. The summed E-state index contributed by atoms with van der Waals surface area (Å²) in [6, 6.07) is 0. The van der Waals surface area contributed by atoms with E-state index in [4.69, 9.17) is 14.6 Å². The molecule has 5 heteroatoms. The molecule has 22 heavy (non-hydrogen) atoms. The van der Waals surface area contributed by atoms with Crippen LogP contribution in [0.25, 0.3) is 0 Å². The van der Waals surface area contributed by atoms with Crippen LogP contribution in [0.4, 0.5) is 0 Å². The minimum absolute atomic E-state index is 0.153. The van der Waals surface area contributed by atoms with Crippen LogP contribution in [-0.2, 0) is 19.1 Å². The van der Waals surface area contributed by atoms with Crippen LogP contribution in [0.15, 0.2) is 0 Å². The Bertz CT molecular complexity index is 291. The van der Waals surface area contributed by atoms with Crippen molar-refractivity contribution in [2.75, 3.05) is 13.2 Å². The Morgan fingerprint density at radius 2 is 1.64 bits per heavy atom. The minimum atomic E-state index is -0.778. The lowest BCUT2D eigenvalue weighted by Crippen LogP contribution is -2.20. The van der Waals surface area contributed by atoms with Gasteiger partial charge in [-0.25, -0.2) is 0 Å². The molecule has 0 aromatic heterocycles. The molecule has 0 bridgehead atoms. The first-order valence-corrected chi connectivity index (χ1v) is 8.59. The summed E-state index contributed by atoms with van der Waals surface area (Å²) in [5, 5.41) is 8.64. The normalized spacial score (nSPS) is 12.1. The van der Waals surface area contributed by atoms with Crippen molar-refractivity contribution in [2.24, 2.45) is 0 Å². The molecule has 0 amide bonds. The molecule has 0 radical (unpaired) electrons. The molecule has 0 aliphatic carbocycles. The molecular weight excluding hydrogens is 284 g/mol. The van der Waals surface area contributed by atoms with Crippen molar-refractivity contribution in [1.82, 2.24) is 0 Å². The van der Waals surface area contributed by atoms with Crippen molar-refractivity contribution < 1.29 is 24.2 Å². The smallest absolute Gasteiger partial charge is 0.306 e. The number of aliphatic carboxylic acids is 1. The van der Waals surface area contributed by atoms with Gasteiger partial charge in [0.25, 0.3) is 0 Å². The Morgan fingerprint density at radius 3 is 2.27 bits per heavy atom. The lowest BCUT2D eigenvalue weighted by molar-refractivity contribution is -0.150. The molecule has 0 saturated heterocycles. The van der Waals surface area contributed by atoms with Gasteiger partial charge in [-0.3, -0.25) is 9.59 Å². The summed E-state index contributed by atoms with van der Waals surface area (Å²) >= 11 is 0. The zero-order valence-electron chi connectivity index (χ0n) is 14.1. The maximum atomic E-state index is 11.7. The van der Waals surface area contributed by atoms with Gasteiger partial charge >= 0.3 is 11.9 Å². The predicted octanol–water partition coefficient (Wildman–Crippen LogP) is 3.94. The number of carboxylic acid groups (broad SMARTS) is 1. The second kappa shape index (κ2) is 14.8. The molecule has 0 rings (SSSR count). The summed E-state index contributed by atoms with van der Waals surface area (Å²) in [6.07, 6.45) is 7.21. The average molecular weight is 316 g/mol. The van der Waals surface area contributed by atoms with Gasteiger partial charge in [0.1, 0.15) is 6.10 Å². The molecule has 0 spiro atoms. The number of hydrogen-bond donors (Lipinski definition) is 1. The Morgan fingerprint density at radius 1 is 0.909 bits per heavy atom. The van der Waals surface area contributed by atoms with Gasteiger partial charge in [-0.15, -0.1) is 0 Å². The van der Waals surface area contributed by atoms with E-state index < -0.39 is 5.97 Å². The largest absolute Gasteiger partial charge is 0.481 e. The molecule has 0 aromatic carbocycles. The van der Waals surface area contributed by atoms with Crippen molar-refractivity contribution in [2.45, 2.75) is 84.2 Å².